The number of primary amides is 1. The van der Waals surface area contributed by atoms with E-state index in [4.69, 9.17) is 10.8 Å². The Morgan fingerprint density at radius 3 is 2.67 bits per heavy atom. The van der Waals surface area contributed by atoms with Gasteiger partial charge in [0.05, 0.1) is 0 Å². The molecule has 7 heteroatoms. The van der Waals surface area contributed by atoms with E-state index < -0.39 is 5.97 Å². The molecule has 0 aromatic carbocycles. The molecule has 0 aromatic heterocycles. The number of nitrogens with two attached hydrogens (primary N) is 1. The average Bonchev–Trinajstić information content (AvgIpc) is 2.44. The van der Waals surface area contributed by atoms with Crippen molar-refractivity contribution in [3.63, 3.8) is 0 Å². The standard InChI is InChI=1S/C14H25N3O4/c15-12(18)5-1-2-8-16-14(21)17-9-3-4-11(10-17)6-7-13(19)20/h11H,1-10H2,(H2,15,18)(H,16,21)(H,19,20). The number of nitrogens with zero attached hydrogens (tertiary/aromatic N) is 1. The van der Waals surface area contributed by atoms with E-state index in [0.29, 0.717) is 32.4 Å². The number of hydrogen-bond donors (Lipinski definition) is 3. The fourth-order valence-corrected chi connectivity index (χ4v) is 2.54. The summed E-state index contributed by atoms with van der Waals surface area (Å²) in [4.78, 5) is 34.9. The van der Waals surface area contributed by atoms with Gasteiger partial charge in [-0.05, 0) is 38.0 Å². The van der Waals surface area contributed by atoms with Gasteiger partial charge in [0.2, 0.25) is 5.91 Å². The van der Waals surface area contributed by atoms with Crippen molar-refractivity contribution in [2.75, 3.05) is 19.6 Å². The Morgan fingerprint density at radius 1 is 1.24 bits per heavy atom. The van der Waals surface area contributed by atoms with Crippen LogP contribution in [0.1, 0.15) is 44.9 Å². The smallest absolute Gasteiger partial charge is 0.317 e. The van der Waals surface area contributed by atoms with Gasteiger partial charge in [-0.15, -0.1) is 0 Å². The van der Waals surface area contributed by atoms with Crippen molar-refractivity contribution in [1.82, 2.24) is 10.2 Å². The van der Waals surface area contributed by atoms with Crippen LogP contribution in [0.15, 0.2) is 0 Å². The van der Waals surface area contributed by atoms with Crippen molar-refractivity contribution in [2.45, 2.75) is 44.9 Å². The Balaban J connectivity index is 2.20. The van der Waals surface area contributed by atoms with Crippen molar-refractivity contribution in [3.8, 4) is 0 Å². The Hall–Kier alpha value is -1.79. The van der Waals surface area contributed by atoms with Crippen LogP contribution in [-0.2, 0) is 9.59 Å². The van der Waals surface area contributed by atoms with E-state index in [9.17, 15) is 14.4 Å². The first kappa shape index (κ1) is 17.3. The lowest BCUT2D eigenvalue weighted by Crippen LogP contribution is -2.45. The number of piperidine rings is 1. The Bertz CT molecular complexity index is 373. The van der Waals surface area contributed by atoms with Gasteiger partial charge in [0, 0.05) is 32.5 Å². The second kappa shape index (κ2) is 9.20. The molecule has 1 aliphatic rings. The molecule has 1 heterocycles. The maximum atomic E-state index is 12.0. The first-order valence-corrected chi connectivity index (χ1v) is 7.52. The number of carboxylic acid groups (broad SMARTS) is 1. The molecule has 1 atom stereocenters. The summed E-state index contributed by atoms with van der Waals surface area (Å²) in [5.74, 6) is -0.833. The SMILES string of the molecule is NC(=O)CCCCNC(=O)N1CCCC(CCC(=O)O)C1. The third-order valence-corrected chi connectivity index (χ3v) is 3.70. The van der Waals surface area contributed by atoms with Gasteiger partial charge in [-0.2, -0.15) is 0 Å². The molecule has 7 nitrogen and oxygen atoms in total. The van der Waals surface area contributed by atoms with Crippen molar-refractivity contribution < 1.29 is 19.5 Å². The van der Waals surface area contributed by atoms with Gasteiger partial charge in [0.25, 0.3) is 0 Å². The number of rotatable bonds is 8. The minimum atomic E-state index is -0.786. The van der Waals surface area contributed by atoms with Crippen LogP contribution in [0.3, 0.4) is 0 Å². The molecule has 1 unspecified atom stereocenters. The molecule has 4 N–H and O–H groups in total. The molecule has 0 aromatic rings. The Morgan fingerprint density at radius 2 is 2.00 bits per heavy atom. The highest BCUT2D eigenvalue weighted by atomic mass is 16.4. The molecule has 0 bridgehead atoms. The van der Waals surface area contributed by atoms with Gasteiger partial charge >= 0.3 is 12.0 Å². The van der Waals surface area contributed by atoms with E-state index in [1.165, 1.54) is 0 Å². The number of unbranched alkanes of at least 4 members (excludes halogenated alkanes) is 1. The van der Waals surface area contributed by atoms with Crippen molar-refractivity contribution in [3.05, 3.63) is 0 Å². The number of carbonyl (C=O) groups excluding carboxylic acids is 2. The monoisotopic (exact) mass is 299 g/mol. The van der Waals surface area contributed by atoms with Crippen LogP contribution in [0.5, 0.6) is 0 Å². The third-order valence-electron chi connectivity index (χ3n) is 3.70. The largest absolute Gasteiger partial charge is 0.481 e. The molecule has 0 aliphatic carbocycles. The summed E-state index contributed by atoms with van der Waals surface area (Å²) in [5, 5.41) is 11.5. The molecule has 21 heavy (non-hydrogen) atoms. The molecule has 120 valence electrons. The summed E-state index contributed by atoms with van der Waals surface area (Å²) >= 11 is 0. The van der Waals surface area contributed by atoms with E-state index in [1.54, 1.807) is 4.90 Å². The number of aliphatic carboxylic acids is 1. The fourth-order valence-electron chi connectivity index (χ4n) is 2.54. The summed E-state index contributed by atoms with van der Waals surface area (Å²) in [6.45, 7) is 1.87. The zero-order valence-electron chi connectivity index (χ0n) is 12.3. The van der Waals surface area contributed by atoms with Gasteiger partial charge in [0.1, 0.15) is 0 Å². The number of carboxylic acids is 1. The molecule has 1 fully saturated rings. The Kier molecular flexibility index (Phi) is 7.56. The van der Waals surface area contributed by atoms with Gasteiger partial charge < -0.3 is 21.1 Å². The van der Waals surface area contributed by atoms with E-state index in [2.05, 4.69) is 5.32 Å². The minimum Gasteiger partial charge on any atom is -0.481 e. The molecule has 1 saturated heterocycles. The lowest BCUT2D eigenvalue weighted by molar-refractivity contribution is -0.137. The van der Waals surface area contributed by atoms with Crippen molar-refractivity contribution in [1.29, 1.82) is 0 Å². The highest BCUT2D eigenvalue weighted by molar-refractivity contribution is 5.74. The highest BCUT2D eigenvalue weighted by Crippen LogP contribution is 2.20. The molecule has 3 amide bonds. The second-order valence-electron chi connectivity index (χ2n) is 5.54. The predicted octanol–water partition coefficient (Wildman–Crippen LogP) is 0.928. The van der Waals surface area contributed by atoms with E-state index >= 15 is 0 Å². The van der Waals surface area contributed by atoms with Gasteiger partial charge in [0.15, 0.2) is 0 Å². The lowest BCUT2D eigenvalue weighted by atomic mass is 9.93. The van der Waals surface area contributed by atoms with Crippen LogP contribution in [0.25, 0.3) is 0 Å². The second-order valence-corrected chi connectivity index (χ2v) is 5.54. The maximum absolute atomic E-state index is 12.0. The quantitative estimate of drug-likeness (QED) is 0.578. The summed E-state index contributed by atoms with van der Waals surface area (Å²) in [6.07, 6.45) is 4.43. The summed E-state index contributed by atoms with van der Waals surface area (Å²) < 4.78 is 0. The lowest BCUT2D eigenvalue weighted by Gasteiger charge is -2.32. The molecule has 1 aliphatic heterocycles. The van der Waals surface area contributed by atoms with Gasteiger partial charge in [-0.25, -0.2) is 4.79 Å². The van der Waals surface area contributed by atoms with Crippen LogP contribution in [0.2, 0.25) is 0 Å². The number of nitrogens with one attached hydrogen (secondary N) is 1. The van der Waals surface area contributed by atoms with Crippen LogP contribution >= 0.6 is 0 Å². The van der Waals surface area contributed by atoms with Crippen LogP contribution < -0.4 is 11.1 Å². The maximum Gasteiger partial charge on any atom is 0.317 e. The summed E-state index contributed by atoms with van der Waals surface area (Å²) in [5.41, 5.74) is 5.04. The fraction of sp³-hybridized carbons (Fsp3) is 0.786. The first-order chi connectivity index (χ1) is 9.99. The summed E-state index contributed by atoms with van der Waals surface area (Å²) in [7, 11) is 0. The zero-order valence-corrected chi connectivity index (χ0v) is 12.3. The molecule has 1 rings (SSSR count). The molecule has 0 radical (unpaired) electrons. The highest BCUT2D eigenvalue weighted by Gasteiger charge is 2.23. The van der Waals surface area contributed by atoms with Gasteiger partial charge in [-0.3, -0.25) is 9.59 Å². The van der Waals surface area contributed by atoms with Crippen LogP contribution in [0, 0.1) is 5.92 Å². The van der Waals surface area contributed by atoms with Crippen molar-refractivity contribution >= 4 is 17.9 Å². The molecular weight excluding hydrogens is 274 g/mol. The molecule has 0 spiro atoms. The predicted molar refractivity (Wildman–Crippen MR) is 77.6 cm³/mol. The number of amides is 3. The molecule has 0 saturated carbocycles. The number of hydrogen-bond acceptors (Lipinski definition) is 3. The van der Waals surface area contributed by atoms with Crippen LogP contribution in [-0.4, -0.2) is 47.5 Å². The van der Waals surface area contributed by atoms with Crippen molar-refractivity contribution in [2.24, 2.45) is 11.7 Å². The zero-order chi connectivity index (χ0) is 15.7. The number of carbonyl (C=O) groups is 3. The van der Waals surface area contributed by atoms with E-state index in [-0.39, 0.29) is 24.3 Å². The normalized spacial score (nSPS) is 18.3. The third kappa shape index (κ3) is 7.53. The topological polar surface area (TPSA) is 113 Å². The number of urea groups is 1. The number of likely N-dealkylation sites (tertiary alicyclic amines) is 1. The van der Waals surface area contributed by atoms with Crippen LogP contribution in [0.4, 0.5) is 4.79 Å². The Labute approximate surface area is 124 Å². The first-order valence-electron chi connectivity index (χ1n) is 7.52. The molecular formula is C14H25N3O4. The van der Waals surface area contributed by atoms with E-state index in [0.717, 1.165) is 25.8 Å². The minimum absolute atomic E-state index is 0.103. The average molecular weight is 299 g/mol. The van der Waals surface area contributed by atoms with E-state index in [1.807, 2.05) is 0 Å². The summed E-state index contributed by atoms with van der Waals surface area (Å²) in [6, 6.07) is -0.103. The van der Waals surface area contributed by atoms with Gasteiger partial charge in [-0.1, -0.05) is 0 Å².